The lowest BCUT2D eigenvalue weighted by atomic mass is 10.0. The van der Waals surface area contributed by atoms with E-state index in [1.165, 1.54) is 161 Å². The predicted molar refractivity (Wildman–Crippen MR) is 415 cm³/mol. The minimum atomic E-state index is -4.67. The highest BCUT2D eigenvalue weighted by Gasteiger charge is 2.22. The summed E-state index contributed by atoms with van der Waals surface area (Å²) in [5.41, 5.74) is 0. The van der Waals surface area contributed by atoms with E-state index in [9.17, 15) is 19.0 Å². The Kier molecular flexibility index (Phi) is 71.0. The van der Waals surface area contributed by atoms with Gasteiger partial charge in [0.1, 0.15) is 19.8 Å². The van der Waals surface area contributed by atoms with E-state index in [0.717, 1.165) is 116 Å². The topological polar surface area (TPSA) is 111 Å². The molecular weight excluding hydrogens is 1210 g/mol. The molecule has 0 N–H and O–H groups in total. The Bertz CT molecular complexity index is 2230. The van der Waals surface area contributed by atoms with E-state index in [1.807, 2.05) is 21.1 Å². The van der Waals surface area contributed by atoms with Crippen molar-refractivity contribution in [2.75, 3.05) is 47.5 Å². The van der Waals surface area contributed by atoms with E-state index >= 15 is 0 Å². The summed E-state index contributed by atoms with van der Waals surface area (Å²) in [4.78, 5) is 38.1. The number of likely N-dealkylation sites (N-methyl/N-ethyl adjacent to an activating group) is 1. The van der Waals surface area contributed by atoms with Crippen LogP contribution in [0.1, 0.15) is 309 Å². The average molecular weight is 1350 g/mol. The van der Waals surface area contributed by atoms with Crippen molar-refractivity contribution in [1.29, 1.82) is 0 Å². The number of unbranched alkanes of at least 4 members (excludes halogenated alkanes) is 28. The third kappa shape index (κ3) is 78.4. The van der Waals surface area contributed by atoms with Crippen molar-refractivity contribution in [2.45, 2.75) is 315 Å². The molecule has 0 aliphatic heterocycles. The number of hydrogen-bond acceptors (Lipinski definition) is 8. The minimum absolute atomic E-state index is 0.0469. The van der Waals surface area contributed by atoms with Crippen LogP contribution >= 0.6 is 7.82 Å². The molecule has 2 atom stereocenters. The molecule has 96 heavy (non-hydrogen) atoms. The second kappa shape index (κ2) is 74.6. The van der Waals surface area contributed by atoms with Gasteiger partial charge in [-0.3, -0.25) is 14.2 Å². The van der Waals surface area contributed by atoms with Gasteiger partial charge in [0.25, 0.3) is 7.82 Å². The third-order valence-corrected chi connectivity index (χ3v) is 17.2. The van der Waals surface area contributed by atoms with E-state index < -0.39 is 32.5 Å². The van der Waals surface area contributed by atoms with Crippen molar-refractivity contribution in [3.63, 3.8) is 0 Å². The molecule has 2 unspecified atom stereocenters. The normalized spacial score (nSPS) is 14.0. The summed E-state index contributed by atoms with van der Waals surface area (Å²) < 4.78 is 34.3. The lowest BCUT2D eigenvalue weighted by Crippen LogP contribution is -2.37. The van der Waals surface area contributed by atoms with Crippen LogP contribution in [-0.2, 0) is 32.7 Å². The van der Waals surface area contributed by atoms with Gasteiger partial charge < -0.3 is 27.9 Å². The first-order chi connectivity index (χ1) is 47.0. The van der Waals surface area contributed by atoms with Gasteiger partial charge >= 0.3 is 11.9 Å². The first-order valence-electron chi connectivity index (χ1n) is 38.8. The molecule has 0 fully saturated rings. The fourth-order valence-corrected chi connectivity index (χ4v) is 11.0. The number of allylic oxidation sites excluding steroid dienone is 28. The Morgan fingerprint density at radius 2 is 0.594 bits per heavy atom. The number of esters is 2. The molecule has 0 aliphatic carbocycles. The lowest BCUT2D eigenvalue weighted by Gasteiger charge is -2.28. The monoisotopic (exact) mass is 1350 g/mol. The number of phosphoric acid groups is 1. The number of carbonyl (C=O) groups is 2. The molecule has 0 saturated heterocycles. The van der Waals surface area contributed by atoms with E-state index in [2.05, 4.69) is 184 Å². The molecule has 0 aromatic carbocycles. The second-order valence-electron chi connectivity index (χ2n) is 26.6. The summed E-state index contributed by atoms with van der Waals surface area (Å²) in [5, 5.41) is 0. The van der Waals surface area contributed by atoms with Crippen molar-refractivity contribution >= 4 is 19.8 Å². The smallest absolute Gasteiger partial charge is 0.306 e. The molecule has 0 heterocycles. The van der Waals surface area contributed by atoms with Crippen molar-refractivity contribution in [1.82, 2.24) is 0 Å². The Morgan fingerprint density at radius 3 is 0.906 bits per heavy atom. The molecule has 0 aliphatic rings. The third-order valence-electron chi connectivity index (χ3n) is 16.2. The molecule has 0 aromatic heterocycles. The maximum Gasteiger partial charge on any atom is 0.306 e. The quantitative estimate of drug-likeness (QED) is 0.0195. The number of rotatable bonds is 70. The summed E-state index contributed by atoms with van der Waals surface area (Å²) in [6.07, 6.45) is 113. The van der Waals surface area contributed by atoms with Crippen LogP contribution in [-0.4, -0.2) is 70.0 Å². The van der Waals surface area contributed by atoms with Crippen LogP contribution in [0, 0.1) is 0 Å². The van der Waals surface area contributed by atoms with Gasteiger partial charge in [-0.15, -0.1) is 0 Å². The van der Waals surface area contributed by atoms with E-state index in [0.29, 0.717) is 17.4 Å². The Hall–Kier alpha value is -4.63. The number of hydrogen-bond donors (Lipinski definition) is 0. The molecule has 10 heteroatoms. The molecule has 0 aromatic rings. The van der Waals surface area contributed by atoms with Gasteiger partial charge in [0.2, 0.25) is 0 Å². The number of carbonyl (C=O) groups excluding carboxylic acids is 2. The Morgan fingerprint density at radius 1 is 0.333 bits per heavy atom. The van der Waals surface area contributed by atoms with Crippen LogP contribution < -0.4 is 4.89 Å². The van der Waals surface area contributed by atoms with Crippen LogP contribution in [0.5, 0.6) is 0 Å². The summed E-state index contributed by atoms with van der Waals surface area (Å²) in [7, 11) is 1.12. The van der Waals surface area contributed by atoms with E-state index in [1.54, 1.807) is 0 Å². The van der Waals surface area contributed by atoms with Gasteiger partial charge in [0.15, 0.2) is 6.10 Å². The summed E-state index contributed by atoms with van der Waals surface area (Å²) in [6, 6.07) is 0. The second-order valence-corrected chi connectivity index (χ2v) is 28.0. The molecule has 0 amide bonds. The number of phosphoric ester groups is 1. The molecule has 0 spiro atoms. The van der Waals surface area contributed by atoms with Gasteiger partial charge in [-0.2, -0.15) is 0 Å². The largest absolute Gasteiger partial charge is 0.756 e. The molecule has 0 saturated carbocycles. The fraction of sp³-hybridized carbons (Fsp3) is 0.651. The summed E-state index contributed by atoms with van der Waals surface area (Å²) in [5.74, 6) is -0.886. The van der Waals surface area contributed by atoms with Gasteiger partial charge in [-0.05, 0) is 135 Å². The van der Waals surface area contributed by atoms with Crippen LogP contribution in [0.4, 0.5) is 0 Å². The van der Waals surface area contributed by atoms with Gasteiger partial charge in [0.05, 0.1) is 27.7 Å². The molecule has 9 nitrogen and oxygen atoms in total. The van der Waals surface area contributed by atoms with Gasteiger partial charge in [-0.1, -0.05) is 332 Å². The summed E-state index contributed by atoms with van der Waals surface area (Å²) in [6.45, 7) is 4.07. The average Bonchev–Trinajstić information content (AvgIpc) is 1.98. The Labute approximate surface area is 591 Å². The van der Waals surface area contributed by atoms with Crippen molar-refractivity contribution in [3.05, 3.63) is 170 Å². The highest BCUT2D eigenvalue weighted by atomic mass is 31.2. The number of nitrogens with zero attached hydrogens (tertiary/aromatic N) is 1. The minimum Gasteiger partial charge on any atom is -0.756 e. The SMILES string of the molecule is CC/C=C\C/C=C\C/C=C\C/C=C\C/C=C\C/C=C\C/C=C\C/C=C\C/C=C\C/C=C\C/C=C\C/C=C\CCCCC(=O)OC(COC(=O)CCCCCCCCCCCCCCCCCCCCCCC/C=C\C/C=C\CCCCCCC)COP(=O)([O-])OCC[N+](C)(C)C. The molecule has 546 valence electrons. The maximum absolute atomic E-state index is 12.9. The zero-order valence-corrected chi connectivity index (χ0v) is 63.2. The fourth-order valence-electron chi connectivity index (χ4n) is 10.3. The number of ether oxygens (including phenoxy) is 2. The highest BCUT2D eigenvalue weighted by molar-refractivity contribution is 7.45. The van der Waals surface area contributed by atoms with Crippen LogP contribution in [0.15, 0.2) is 170 Å². The zero-order valence-electron chi connectivity index (χ0n) is 62.3. The molecule has 0 rings (SSSR count). The van der Waals surface area contributed by atoms with Crippen molar-refractivity contribution in [3.8, 4) is 0 Å². The van der Waals surface area contributed by atoms with Crippen LogP contribution in [0.25, 0.3) is 0 Å². The van der Waals surface area contributed by atoms with Crippen LogP contribution in [0.3, 0.4) is 0 Å². The Balaban J connectivity index is 4.13. The first-order valence-corrected chi connectivity index (χ1v) is 40.3. The lowest BCUT2D eigenvalue weighted by molar-refractivity contribution is -0.870. The van der Waals surface area contributed by atoms with Crippen LogP contribution in [0.2, 0.25) is 0 Å². The predicted octanol–water partition coefficient (Wildman–Crippen LogP) is 25.4. The van der Waals surface area contributed by atoms with Gasteiger partial charge in [0, 0.05) is 12.8 Å². The van der Waals surface area contributed by atoms with Gasteiger partial charge in [-0.25, -0.2) is 0 Å². The molecule has 0 bridgehead atoms. The van der Waals surface area contributed by atoms with E-state index in [-0.39, 0.29) is 26.1 Å². The zero-order chi connectivity index (χ0) is 69.7. The van der Waals surface area contributed by atoms with Crippen molar-refractivity contribution in [2.24, 2.45) is 0 Å². The standard InChI is InChI=1S/C86H144NO8P/c1-6-8-10-12-14-16-18-20-22-24-26-28-30-32-34-36-38-40-41-42-43-44-45-47-49-51-53-55-57-59-61-63-65-67-69-71-73-75-77-79-86(89)95-84(83-94-96(90,91)93-81-80-87(3,4)5)82-92-85(88)78-76-74-72-70-68-66-64-62-60-58-56-54-52-50-48-46-39-37-35-33-31-29-27-25-23-21-19-17-15-13-11-9-7-2/h8,10,14,16,19-22,25-28,32,34,38,40,42-43,45,47,51,53,57,59,63,65,69,71,84H,6-7,9,11-13,15,17-18,23-24,29-31,33,35-37,39,41,44,46,48-50,52,54-56,58,60-62,64,66-68,70,72-83H2,1-5H3/b10-8-,16-14-,21-19-,22-20-,27-25-,28-26-,34-32-,40-38-,43-42-,47-45-,53-51-,59-57-,65-63-,71-69-. The highest BCUT2D eigenvalue weighted by Crippen LogP contribution is 2.38. The maximum atomic E-state index is 12.9. The number of quaternary nitrogens is 1. The van der Waals surface area contributed by atoms with Crippen molar-refractivity contribution < 1.29 is 42.1 Å². The first kappa shape index (κ1) is 91.4. The summed E-state index contributed by atoms with van der Waals surface area (Å²) >= 11 is 0. The van der Waals surface area contributed by atoms with E-state index in [4.69, 9.17) is 18.5 Å². The molecular formula is C86H144NO8P. The molecule has 0 radical (unpaired) electrons.